The lowest BCUT2D eigenvalue weighted by Crippen LogP contribution is -2.31. The van der Waals surface area contributed by atoms with Crippen molar-refractivity contribution in [2.24, 2.45) is 0 Å². The number of rotatable bonds is 5. The summed E-state index contributed by atoms with van der Waals surface area (Å²) < 4.78 is 32.0. The quantitative estimate of drug-likeness (QED) is 0.852. The van der Waals surface area contributed by atoms with Crippen LogP contribution in [0.2, 0.25) is 0 Å². The number of anilines is 1. The fourth-order valence-corrected chi connectivity index (χ4v) is 3.08. The summed E-state index contributed by atoms with van der Waals surface area (Å²) in [5, 5.41) is 2.59. The molecule has 20 heavy (non-hydrogen) atoms. The number of hydrogen-bond donors (Lipinski definition) is 2. The van der Waals surface area contributed by atoms with Gasteiger partial charge in [-0.2, -0.15) is 0 Å². The van der Waals surface area contributed by atoms with Crippen molar-refractivity contribution >= 4 is 21.6 Å². The van der Waals surface area contributed by atoms with Gasteiger partial charge in [-0.15, -0.1) is 0 Å². The highest BCUT2D eigenvalue weighted by Gasteiger charge is 2.20. The number of nitrogens with one attached hydrogen (secondary N) is 2. The molecule has 1 heterocycles. The van der Waals surface area contributed by atoms with Gasteiger partial charge >= 0.3 is 0 Å². The Bertz CT molecular complexity index is 563. The highest BCUT2D eigenvalue weighted by atomic mass is 32.2. The van der Waals surface area contributed by atoms with E-state index in [0.717, 1.165) is 12.8 Å². The van der Waals surface area contributed by atoms with E-state index in [0.29, 0.717) is 12.3 Å². The van der Waals surface area contributed by atoms with Gasteiger partial charge in [0, 0.05) is 25.8 Å². The van der Waals surface area contributed by atoms with E-state index in [9.17, 15) is 13.2 Å². The van der Waals surface area contributed by atoms with Crippen molar-refractivity contribution in [2.45, 2.75) is 30.8 Å². The van der Waals surface area contributed by atoms with Gasteiger partial charge in [0.05, 0.1) is 11.0 Å². The zero-order valence-electron chi connectivity index (χ0n) is 11.3. The molecule has 2 rings (SSSR count). The molecular weight excluding hydrogens is 280 g/mol. The predicted molar refractivity (Wildman–Crippen MR) is 74.9 cm³/mol. The number of sulfonamides is 1. The minimum Gasteiger partial charge on any atom is -0.377 e. The van der Waals surface area contributed by atoms with Crippen LogP contribution >= 0.6 is 0 Å². The van der Waals surface area contributed by atoms with Crippen molar-refractivity contribution in [3.05, 3.63) is 24.3 Å². The van der Waals surface area contributed by atoms with Crippen molar-refractivity contribution in [1.29, 1.82) is 0 Å². The van der Waals surface area contributed by atoms with Gasteiger partial charge in [-0.25, -0.2) is 13.1 Å². The second kappa shape index (κ2) is 6.34. The monoisotopic (exact) mass is 298 g/mol. The summed E-state index contributed by atoms with van der Waals surface area (Å²) in [4.78, 5) is 11.1. The van der Waals surface area contributed by atoms with Gasteiger partial charge in [-0.3, -0.25) is 4.79 Å². The van der Waals surface area contributed by atoms with E-state index in [2.05, 4.69) is 10.0 Å². The van der Waals surface area contributed by atoms with Gasteiger partial charge in [0.2, 0.25) is 15.9 Å². The zero-order valence-corrected chi connectivity index (χ0v) is 12.1. The third-order valence-corrected chi connectivity index (χ3v) is 4.45. The largest absolute Gasteiger partial charge is 0.377 e. The Morgan fingerprint density at radius 3 is 2.60 bits per heavy atom. The SMILES string of the molecule is CC(=O)Nc1ccc(S(=O)(=O)NC[C@H]2CCCO2)cc1. The first-order chi connectivity index (χ1) is 9.47. The molecule has 1 amide bonds. The highest BCUT2D eigenvalue weighted by molar-refractivity contribution is 7.89. The Morgan fingerprint density at radius 2 is 2.05 bits per heavy atom. The first-order valence-corrected chi connectivity index (χ1v) is 7.94. The fraction of sp³-hybridized carbons (Fsp3) is 0.462. The van der Waals surface area contributed by atoms with E-state index in [-0.39, 0.29) is 23.5 Å². The lowest BCUT2D eigenvalue weighted by atomic mass is 10.2. The van der Waals surface area contributed by atoms with Gasteiger partial charge in [0.25, 0.3) is 0 Å². The molecule has 6 nitrogen and oxygen atoms in total. The van der Waals surface area contributed by atoms with Crippen LogP contribution < -0.4 is 10.0 Å². The third-order valence-electron chi connectivity index (χ3n) is 3.01. The molecule has 0 unspecified atom stereocenters. The molecule has 0 aromatic heterocycles. The smallest absolute Gasteiger partial charge is 0.240 e. The molecule has 1 fully saturated rings. The number of amides is 1. The van der Waals surface area contributed by atoms with Crippen LogP contribution in [0.25, 0.3) is 0 Å². The Hall–Kier alpha value is -1.44. The molecule has 1 saturated heterocycles. The minimum absolute atomic E-state index is 0.0385. The van der Waals surface area contributed by atoms with E-state index < -0.39 is 10.0 Å². The standard InChI is InChI=1S/C13H18N2O4S/c1-10(16)15-11-4-6-13(7-5-11)20(17,18)14-9-12-3-2-8-19-12/h4-7,12,14H,2-3,8-9H2,1H3,(H,15,16)/t12-/m1/s1. The van der Waals surface area contributed by atoms with Crippen LogP contribution in [0.5, 0.6) is 0 Å². The van der Waals surface area contributed by atoms with Crippen LogP contribution in [-0.4, -0.2) is 33.6 Å². The summed E-state index contributed by atoms with van der Waals surface area (Å²) in [7, 11) is -3.54. The number of hydrogen-bond acceptors (Lipinski definition) is 4. The fourth-order valence-electron chi connectivity index (χ4n) is 2.01. The molecule has 1 aliphatic heterocycles. The minimum atomic E-state index is -3.54. The highest BCUT2D eigenvalue weighted by Crippen LogP contribution is 2.15. The summed E-state index contributed by atoms with van der Waals surface area (Å²) >= 11 is 0. The Kier molecular flexibility index (Phi) is 4.74. The zero-order chi connectivity index (χ0) is 14.6. The Balaban J connectivity index is 1.99. The van der Waals surface area contributed by atoms with Crippen molar-refractivity contribution in [3.63, 3.8) is 0 Å². The molecule has 1 aliphatic rings. The molecule has 1 atom stereocenters. The van der Waals surface area contributed by atoms with Crippen LogP contribution in [0.15, 0.2) is 29.2 Å². The number of benzene rings is 1. The molecule has 0 aliphatic carbocycles. The van der Waals surface area contributed by atoms with Gasteiger partial charge < -0.3 is 10.1 Å². The van der Waals surface area contributed by atoms with E-state index in [4.69, 9.17) is 4.74 Å². The third kappa shape index (κ3) is 4.03. The molecule has 7 heteroatoms. The number of ether oxygens (including phenoxy) is 1. The number of carbonyl (C=O) groups is 1. The molecular formula is C13H18N2O4S. The average molecular weight is 298 g/mol. The van der Waals surface area contributed by atoms with Gasteiger partial charge in [-0.1, -0.05) is 0 Å². The van der Waals surface area contributed by atoms with Gasteiger partial charge in [0.15, 0.2) is 0 Å². The lowest BCUT2D eigenvalue weighted by molar-refractivity contribution is -0.114. The topological polar surface area (TPSA) is 84.5 Å². The second-order valence-electron chi connectivity index (χ2n) is 4.69. The molecule has 0 spiro atoms. The van der Waals surface area contributed by atoms with E-state index in [1.54, 1.807) is 12.1 Å². The number of carbonyl (C=O) groups excluding carboxylic acids is 1. The predicted octanol–water partition coefficient (Wildman–Crippen LogP) is 1.10. The summed E-state index contributed by atoms with van der Waals surface area (Å²) in [5.74, 6) is -0.197. The van der Waals surface area contributed by atoms with Crippen LogP contribution in [0.1, 0.15) is 19.8 Å². The summed E-state index contributed by atoms with van der Waals surface area (Å²) in [6, 6.07) is 6.04. The molecule has 1 aromatic carbocycles. The molecule has 0 saturated carbocycles. The van der Waals surface area contributed by atoms with Crippen molar-refractivity contribution < 1.29 is 17.9 Å². The van der Waals surface area contributed by atoms with Crippen LogP contribution in [0, 0.1) is 0 Å². The van der Waals surface area contributed by atoms with Crippen LogP contribution in [-0.2, 0) is 19.6 Å². The molecule has 0 radical (unpaired) electrons. The van der Waals surface area contributed by atoms with E-state index in [1.165, 1.54) is 19.1 Å². The van der Waals surface area contributed by atoms with Crippen molar-refractivity contribution in [2.75, 3.05) is 18.5 Å². The first kappa shape index (κ1) is 15.0. The van der Waals surface area contributed by atoms with E-state index in [1.807, 2.05) is 0 Å². The van der Waals surface area contributed by atoms with Crippen LogP contribution in [0.3, 0.4) is 0 Å². The van der Waals surface area contributed by atoms with Crippen LogP contribution in [0.4, 0.5) is 5.69 Å². The van der Waals surface area contributed by atoms with E-state index >= 15 is 0 Å². The first-order valence-electron chi connectivity index (χ1n) is 6.46. The molecule has 110 valence electrons. The average Bonchev–Trinajstić information content (AvgIpc) is 2.89. The maximum Gasteiger partial charge on any atom is 0.240 e. The molecule has 1 aromatic rings. The Labute approximate surface area is 118 Å². The van der Waals surface area contributed by atoms with Gasteiger partial charge in [0.1, 0.15) is 0 Å². The normalized spacial score (nSPS) is 18.9. The second-order valence-corrected chi connectivity index (χ2v) is 6.46. The summed E-state index contributed by atoms with van der Waals surface area (Å²) in [5.41, 5.74) is 0.565. The molecule has 2 N–H and O–H groups in total. The summed E-state index contributed by atoms with van der Waals surface area (Å²) in [6.45, 7) is 2.38. The maximum absolute atomic E-state index is 12.1. The lowest BCUT2D eigenvalue weighted by Gasteiger charge is -2.11. The van der Waals surface area contributed by atoms with Gasteiger partial charge in [-0.05, 0) is 37.1 Å². The summed E-state index contributed by atoms with van der Waals surface area (Å²) in [6.07, 6.45) is 1.81. The van der Waals surface area contributed by atoms with Crippen molar-refractivity contribution in [3.8, 4) is 0 Å². The maximum atomic E-state index is 12.1. The Morgan fingerprint density at radius 1 is 1.35 bits per heavy atom. The molecule has 0 bridgehead atoms. The van der Waals surface area contributed by atoms with Crippen molar-refractivity contribution in [1.82, 2.24) is 4.72 Å².